The third-order valence-corrected chi connectivity index (χ3v) is 9.96. The van der Waals surface area contributed by atoms with Gasteiger partial charge < -0.3 is 35.4 Å². The Kier molecular flexibility index (Phi) is 11.4. The van der Waals surface area contributed by atoms with E-state index in [2.05, 4.69) is 31.0 Å². The molecule has 59 heavy (non-hydrogen) atoms. The third-order valence-electron chi connectivity index (χ3n) is 9.96. The first kappa shape index (κ1) is 40.1. The number of hydrogen-bond donors (Lipinski definition) is 4. The number of nitrogens with one attached hydrogen (secondary N) is 2. The van der Waals surface area contributed by atoms with Crippen LogP contribution in [0.25, 0.3) is 44.4 Å². The third kappa shape index (κ3) is 7.81. The van der Waals surface area contributed by atoms with E-state index in [1.54, 1.807) is 35.0 Å². The van der Waals surface area contributed by atoms with Crippen LogP contribution in [0.4, 0.5) is 5.95 Å². The van der Waals surface area contributed by atoms with E-state index in [0.29, 0.717) is 88.7 Å². The first-order valence-electron chi connectivity index (χ1n) is 19.3. The van der Waals surface area contributed by atoms with Crippen molar-refractivity contribution in [1.82, 2.24) is 49.2 Å². The monoisotopic (exact) mass is 801 g/mol. The first-order chi connectivity index (χ1) is 28.5. The van der Waals surface area contributed by atoms with Gasteiger partial charge in [-0.3, -0.25) is 29.1 Å². The lowest BCUT2D eigenvalue weighted by Crippen LogP contribution is -2.20. The van der Waals surface area contributed by atoms with Gasteiger partial charge in [0.1, 0.15) is 33.9 Å². The van der Waals surface area contributed by atoms with Gasteiger partial charge in [-0.25, -0.2) is 4.98 Å². The number of ether oxygens (including phenoxy) is 2. The second-order valence-electron chi connectivity index (χ2n) is 14.0. The highest BCUT2D eigenvalue weighted by molar-refractivity contribution is 6.11. The predicted molar refractivity (Wildman–Crippen MR) is 224 cm³/mol. The zero-order valence-corrected chi connectivity index (χ0v) is 33.9. The number of nitrogens with two attached hydrogens (primary N) is 2. The van der Waals surface area contributed by atoms with Crippen molar-refractivity contribution in [3.8, 4) is 22.9 Å². The Hall–Kier alpha value is -7.08. The number of aromatic nitrogens is 9. The van der Waals surface area contributed by atoms with Crippen LogP contribution in [0.3, 0.4) is 0 Å². The second-order valence-corrected chi connectivity index (χ2v) is 14.0. The molecule has 18 heteroatoms. The van der Waals surface area contributed by atoms with Crippen LogP contribution in [-0.2, 0) is 26.2 Å². The molecule has 0 saturated heterocycles. The fourth-order valence-electron chi connectivity index (χ4n) is 7.25. The summed E-state index contributed by atoms with van der Waals surface area (Å²) >= 11 is 0. The standard InChI is InChI=1S/C41H47N13O5/c1-7-53-30(16-23(3)49-53)28-22-31-35(48-47-28)27-18-25(38(42)55)20-33(58-6)36(27)51(31)13-9-10-14-52-37-29(19-26(39(43)56)21-34(37)59-15-11-12-44-5)45-41(52)46-40(57)32-17-24(4)50-54(32)8-2/h9-10,16-22,44H,7-8,11-15H2,1-6H3,(H2,42,55)(H2,43,56)(H,45,46,57)/b10-9+. The molecule has 7 aromatic rings. The van der Waals surface area contributed by atoms with Gasteiger partial charge in [0.15, 0.2) is 0 Å². The summed E-state index contributed by atoms with van der Waals surface area (Å²) in [5.74, 6) is -0.566. The summed E-state index contributed by atoms with van der Waals surface area (Å²) < 4.78 is 19.4. The van der Waals surface area contributed by atoms with Gasteiger partial charge in [-0.05, 0) is 90.2 Å². The van der Waals surface area contributed by atoms with Crippen molar-refractivity contribution in [3.05, 3.63) is 82.8 Å². The molecule has 0 radical (unpaired) electrons. The molecule has 0 atom stereocenters. The molecule has 5 heterocycles. The van der Waals surface area contributed by atoms with Gasteiger partial charge in [-0.15, -0.1) is 10.2 Å². The number of nitrogens with zero attached hydrogens (tertiary/aromatic N) is 9. The zero-order valence-electron chi connectivity index (χ0n) is 33.9. The topological polar surface area (TPSA) is 230 Å². The smallest absolute Gasteiger partial charge is 0.276 e. The molecule has 7 rings (SSSR count). The van der Waals surface area contributed by atoms with Crippen LogP contribution in [0.5, 0.6) is 11.5 Å². The number of methoxy groups -OCH3 is 1. The first-order valence-corrected chi connectivity index (χ1v) is 19.3. The van der Waals surface area contributed by atoms with Crippen molar-refractivity contribution in [2.24, 2.45) is 11.5 Å². The maximum atomic E-state index is 13.8. The number of primary amides is 2. The maximum Gasteiger partial charge on any atom is 0.276 e. The van der Waals surface area contributed by atoms with Crippen molar-refractivity contribution in [2.45, 2.75) is 60.3 Å². The molecule has 0 aliphatic carbocycles. The molecule has 0 unspecified atom stereocenters. The number of amides is 3. The average molecular weight is 802 g/mol. The SMILES string of the molecule is CCn1nc(C)cc1C(=O)Nc1nc2cc(C(N)=O)cc(OCCCNC)c2n1C/C=C/Cn1c2cc(-c3cc(C)nn3CC)nnc2c2cc(C(N)=O)cc(OC)c21. The van der Waals surface area contributed by atoms with Gasteiger partial charge in [-0.2, -0.15) is 10.2 Å². The Labute approximate surface area is 339 Å². The van der Waals surface area contributed by atoms with E-state index in [1.807, 2.05) is 72.8 Å². The Balaban J connectivity index is 1.33. The summed E-state index contributed by atoms with van der Waals surface area (Å²) in [5, 5.41) is 25.0. The lowest BCUT2D eigenvalue weighted by molar-refractivity contribution is 0.0991. The van der Waals surface area contributed by atoms with Gasteiger partial charge in [0.05, 0.1) is 47.3 Å². The minimum atomic E-state index is -0.638. The Morgan fingerprint density at radius 3 is 2.19 bits per heavy atom. The number of allylic oxidation sites excluding steroid dienone is 2. The lowest BCUT2D eigenvalue weighted by atomic mass is 10.1. The van der Waals surface area contributed by atoms with Gasteiger partial charge in [0, 0.05) is 42.7 Å². The fraction of sp³-hybridized carbons (Fsp3) is 0.317. The molecule has 0 aliphatic heterocycles. The molecule has 3 amide bonds. The second kappa shape index (κ2) is 16.8. The van der Waals surface area contributed by atoms with E-state index in [0.717, 1.165) is 23.4 Å². The summed E-state index contributed by atoms with van der Waals surface area (Å²) in [5.41, 5.74) is 18.3. The summed E-state index contributed by atoms with van der Waals surface area (Å²) in [6, 6.07) is 12.1. The highest BCUT2D eigenvalue weighted by Crippen LogP contribution is 2.37. The Morgan fingerprint density at radius 2 is 1.49 bits per heavy atom. The van der Waals surface area contributed by atoms with Crippen molar-refractivity contribution in [3.63, 3.8) is 0 Å². The molecule has 306 valence electrons. The van der Waals surface area contributed by atoms with Crippen LogP contribution in [0.2, 0.25) is 0 Å². The number of anilines is 1. The van der Waals surface area contributed by atoms with Crippen molar-refractivity contribution in [2.75, 3.05) is 32.6 Å². The van der Waals surface area contributed by atoms with Crippen LogP contribution >= 0.6 is 0 Å². The molecule has 0 bridgehead atoms. The van der Waals surface area contributed by atoms with Crippen molar-refractivity contribution >= 4 is 56.6 Å². The number of imidazole rings is 1. The number of carbonyl (C=O) groups is 3. The Morgan fingerprint density at radius 1 is 0.814 bits per heavy atom. The molecule has 0 fully saturated rings. The summed E-state index contributed by atoms with van der Waals surface area (Å²) in [7, 11) is 3.39. The highest BCUT2D eigenvalue weighted by Gasteiger charge is 2.23. The van der Waals surface area contributed by atoms with Gasteiger partial charge in [-0.1, -0.05) is 12.2 Å². The molecular weight excluding hydrogens is 755 g/mol. The molecule has 6 N–H and O–H groups in total. The van der Waals surface area contributed by atoms with Gasteiger partial charge in [0.2, 0.25) is 17.8 Å². The number of hydrogen-bond acceptors (Lipinski definition) is 11. The quantitative estimate of drug-likeness (QED) is 0.0747. The van der Waals surface area contributed by atoms with E-state index in [1.165, 1.54) is 7.11 Å². The van der Waals surface area contributed by atoms with Crippen molar-refractivity contribution in [1.29, 1.82) is 0 Å². The minimum Gasteiger partial charge on any atom is -0.495 e. The predicted octanol–water partition coefficient (Wildman–Crippen LogP) is 4.35. The summed E-state index contributed by atoms with van der Waals surface area (Å²) in [6.07, 6.45) is 4.61. The molecule has 0 spiro atoms. The van der Waals surface area contributed by atoms with Crippen LogP contribution < -0.4 is 31.6 Å². The number of rotatable bonds is 17. The number of benzene rings is 2. The highest BCUT2D eigenvalue weighted by atomic mass is 16.5. The molecule has 0 aliphatic rings. The zero-order chi connectivity index (χ0) is 42.0. The largest absolute Gasteiger partial charge is 0.495 e. The average Bonchev–Trinajstić information content (AvgIpc) is 3.98. The van der Waals surface area contributed by atoms with Crippen LogP contribution in [0, 0.1) is 13.8 Å². The summed E-state index contributed by atoms with van der Waals surface area (Å²) in [4.78, 5) is 43.4. The van der Waals surface area contributed by atoms with E-state index in [-0.39, 0.29) is 23.6 Å². The number of aryl methyl sites for hydroxylation is 4. The molecule has 18 nitrogen and oxygen atoms in total. The molecular formula is C41H47N13O5. The molecule has 5 aromatic heterocycles. The van der Waals surface area contributed by atoms with Gasteiger partial charge >= 0.3 is 0 Å². The van der Waals surface area contributed by atoms with Crippen LogP contribution in [0.1, 0.15) is 62.9 Å². The minimum absolute atomic E-state index is 0.221. The van der Waals surface area contributed by atoms with Crippen molar-refractivity contribution < 1.29 is 23.9 Å². The molecule has 0 saturated carbocycles. The fourth-order valence-corrected chi connectivity index (χ4v) is 7.25. The Bertz CT molecular complexity index is 2770. The number of fused-ring (bicyclic) bond motifs is 4. The molecule has 2 aromatic carbocycles. The maximum absolute atomic E-state index is 13.8. The van der Waals surface area contributed by atoms with E-state index < -0.39 is 17.7 Å². The van der Waals surface area contributed by atoms with Crippen LogP contribution in [-0.4, -0.2) is 88.9 Å². The number of carbonyl (C=O) groups excluding carboxylic acids is 3. The van der Waals surface area contributed by atoms with Crippen LogP contribution in [0.15, 0.2) is 54.6 Å². The lowest BCUT2D eigenvalue weighted by Gasteiger charge is -2.13. The van der Waals surface area contributed by atoms with E-state index in [9.17, 15) is 14.4 Å². The summed E-state index contributed by atoms with van der Waals surface area (Å²) in [6.45, 7) is 10.5. The normalized spacial score (nSPS) is 11.7. The van der Waals surface area contributed by atoms with E-state index >= 15 is 0 Å². The van der Waals surface area contributed by atoms with E-state index in [4.69, 9.17) is 25.9 Å². The van der Waals surface area contributed by atoms with Gasteiger partial charge in [0.25, 0.3) is 5.91 Å².